The fourth-order valence-corrected chi connectivity index (χ4v) is 2.15. The molecule has 1 aromatic heterocycles. The topological polar surface area (TPSA) is 51.2 Å². The first-order chi connectivity index (χ1) is 9.20. The van der Waals surface area contributed by atoms with Crippen molar-refractivity contribution in [3.8, 4) is 5.75 Å². The van der Waals surface area contributed by atoms with Gasteiger partial charge in [0.25, 0.3) is 5.91 Å². The van der Waals surface area contributed by atoms with Crippen LogP contribution >= 0.6 is 22.9 Å². The van der Waals surface area contributed by atoms with Crippen molar-refractivity contribution in [2.75, 3.05) is 11.9 Å². The summed E-state index contributed by atoms with van der Waals surface area (Å²) in [6, 6.07) is 5.14. The van der Waals surface area contributed by atoms with E-state index in [2.05, 4.69) is 10.3 Å². The number of amides is 1. The minimum Gasteiger partial charge on any atom is -0.491 e. The van der Waals surface area contributed by atoms with Gasteiger partial charge in [0, 0.05) is 10.4 Å². The van der Waals surface area contributed by atoms with Gasteiger partial charge in [0.2, 0.25) is 0 Å². The highest BCUT2D eigenvalue weighted by Crippen LogP contribution is 2.28. The SMILES string of the molecule is CCCOc1ccc(Cl)cc1NC(=O)c1cscn1. The van der Waals surface area contributed by atoms with Crippen LogP contribution in [0.15, 0.2) is 29.1 Å². The van der Waals surface area contributed by atoms with E-state index in [9.17, 15) is 4.79 Å². The van der Waals surface area contributed by atoms with Crippen LogP contribution in [0.4, 0.5) is 5.69 Å². The molecule has 1 N–H and O–H groups in total. The van der Waals surface area contributed by atoms with Gasteiger partial charge in [0.05, 0.1) is 17.8 Å². The minimum atomic E-state index is -0.273. The molecule has 0 radical (unpaired) electrons. The number of rotatable bonds is 5. The third-order valence-electron chi connectivity index (χ3n) is 2.32. The molecule has 0 fully saturated rings. The fraction of sp³-hybridized carbons (Fsp3) is 0.231. The molecule has 2 aromatic rings. The zero-order valence-electron chi connectivity index (χ0n) is 10.4. The Labute approximate surface area is 120 Å². The summed E-state index contributed by atoms with van der Waals surface area (Å²) >= 11 is 7.31. The van der Waals surface area contributed by atoms with Gasteiger partial charge >= 0.3 is 0 Å². The molecular formula is C13H13ClN2O2S. The molecule has 1 amide bonds. The Hall–Kier alpha value is -1.59. The molecule has 0 bridgehead atoms. The smallest absolute Gasteiger partial charge is 0.275 e. The zero-order valence-corrected chi connectivity index (χ0v) is 11.9. The highest BCUT2D eigenvalue weighted by Gasteiger charge is 2.12. The third kappa shape index (κ3) is 3.68. The minimum absolute atomic E-state index is 0.273. The van der Waals surface area contributed by atoms with Gasteiger partial charge in [-0.2, -0.15) is 0 Å². The van der Waals surface area contributed by atoms with Gasteiger partial charge in [-0.3, -0.25) is 4.79 Å². The summed E-state index contributed by atoms with van der Waals surface area (Å²) < 4.78 is 5.57. The number of carbonyl (C=O) groups is 1. The molecule has 0 unspecified atom stereocenters. The maximum atomic E-state index is 11.9. The van der Waals surface area contributed by atoms with Crippen molar-refractivity contribution < 1.29 is 9.53 Å². The van der Waals surface area contributed by atoms with Gasteiger partial charge in [-0.1, -0.05) is 18.5 Å². The molecule has 1 heterocycles. The van der Waals surface area contributed by atoms with E-state index in [-0.39, 0.29) is 5.91 Å². The second kappa shape index (κ2) is 6.54. The van der Waals surface area contributed by atoms with Crippen molar-refractivity contribution in [1.82, 2.24) is 4.98 Å². The maximum Gasteiger partial charge on any atom is 0.275 e. The van der Waals surface area contributed by atoms with Crippen molar-refractivity contribution in [3.63, 3.8) is 0 Å². The van der Waals surface area contributed by atoms with E-state index in [1.807, 2.05) is 6.92 Å². The first-order valence-electron chi connectivity index (χ1n) is 5.82. The second-order valence-electron chi connectivity index (χ2n) is 3.82. The standard InChI is InChI=1S/C13H13ClN2O2S/c1-2-5-18-12-4-3-9(14)6-10(12)16-13(17)11-7-19-8-15-11/h3-4,6-8H,2,5H2,1H3,(H,16,17). The average Bonchev–Trinajstić information content (AvgIpc) is 2.92. The third-order valence-corrected chi connectivity index (χ3v) is 3.14. The van der Waals surface area contributed by atoms with Crippen molar-refractivity contribution in [1.29, 1.82) is 0 Å². The van der Waals surface area contributed by atoms with E-state index in [4.69, 9.17) is 16.3 Å². The van der Waals surface area contributed by atoms with E-state index in [1.165, 1.54) is 11.3 Å². The second-order valence-corrected chi connectivity index (χ2v) is 4.97. The Morgan fingerprint density at radius 1 is 1.53 bits per heavy atom. The van der Waals surface area contributed by atoms with E-state index in [0.717, 1.165) is 6.42 Å². The number of nitrogens with one attached hydrogen (secondary N) is 1. The van der Waals surface area contributed by atoms with E-state index in [0.29, 0.717) is 28.8 Å². The summed E-state index contributed by atoms with van der Waals surface area (Å²) in [7, 11) is 0. The van der Waals surface area contributed by atoms with Gasteiger partial charge in [0.1, 0.15) is 11.4 Å². The number of hydrogen-bond donors (Lipinski definition) is 1. The molecule has 0 aliphatic rings. The lowest BCUT2D eigenvalue weighted by Crippen LogP contribution is -2.13. The fourth-order valence-electron chi connectivity index (χ4n) is 1.45. The Morgan fingerprint density at radius 2 is 2.37 bits per heavy atom. The van der Waals surface area contributed by atoms with Crippen molar-refractivity contribution in [3.05, 3.63) is 39.8 Å². The van der Waals surface area contributed by atoms with Gasteiger partial charge in [-0.05, 0) is 24.6 Å². The van der Waals surface area contributed by atoms with Crippen LogP contribution in [0.5, 0.6) is 5.75 Å². The predicted octanol–water partition coefficient (Wildman–Crippen LogP) is 3.84. The summed E-state index contributed by atoms with van der Waals surface area (Å²) in [5, 5.41) is 4.98. The molecule has 2 rings (SSSR count). The summed E-state index contributed by atoms with van der Waals surface area (Å²) in [5.41, 5.74) is 2.55. The molecule has 0 aliphatic carbocycles. The highest BCUT2D eigenvalue weighted by atomic mass is 35.5. The molecule has 19 heavy (non-hydrogen) atoms. The van der Waals surface area contributed by atoms with Crippen molar-refractivity contribution in [2.24, 2.45) is 0 Å². The summed E-state index contributed by atoms with van der Waals surface area (Å²) in [4.78, 5) is 15.9. The lowest BCUT2D eigenvalue weighted by Gasteiger charge is -2.11. The normalized spacial score (nSPS) is 10.2. The molecule has 1 aromatic carbocycles. The highest BCUT2D eigenvalue weighted by molar-refractivity contribution is 7.07. The van der Waals surface area contributed by atoms with Crippen LogP contribution in [0.25, 0.3) is 0 Å². The lowest BCUT2D eigenvalue weighted by atomic mass is 10.2. The Kier molecular flexibility index (Phi) is 4.76. The number of thiazole rings is 1. The molecular weight excluding hydrogens is 284 g/mol. The first-order valence-corrected chi connectivity index (χ1v) is 7.14. The number of benzene rings is 1. The molecule has 6 heteroatoms. The number of carbonyl (C=O) groups excluding carboxylic acids is 1. The van der Waals surface area contributed by atoms with Crippen LogP contribution < -0.4 is 10.1 Å². The van der Waals surface area contributed by atoms with Crippen LogP contribution in [-0.2, 0) is 0 Å². The van der Waals surface area contributed by atoms with E-state index >= 15 is 0 Å². The average molecular weight is 297 g/mol. The number of aromatic nitrogens is 1. The van der Waals surface area contributed by atoms with E-state index in [1.54, 1.807) is 29.1 Å². The van der Waals surface area contributed by atoms with E-state index < -0.39 is 0 Å². The zero-order chi connectivity index (χ0) is 13.7. The predicted molar refractivity (Wildman–Crippen MR) is 77.3 cm³/mol. The van der Waals surface area contributed by atoms with Crippen LogP contribution in [-0.4, -0.2) is 17.5 Å². The largest absolute Gasteiger partial charge is 0.491 e. The number of halogens is 1. The Balaban J connectivity index is 2.18. The van der Waals surface area contributed by atoms with Gasteiger partial charge in [0.15, 0.2) is 0 Å². The number of hydrogen-bond acceptors (Lipinski definition) is 4. The number of anilines is 1. The molecule has 0 aliphatic heterocycles. The van der Waals surface area contributed by atoms with Crippen molar-refractivity contribution in [2.45, 2.75) is 13.3 Å². The van der Waals surface area contributed by atoms with Crippen LogP contribution in [0.1, 0.15) is 23.8 Å². The van der Waals surface area contributed by atoms with Crippen LogP contribution in [0.3, 0.4) is 0 Å². The quantitative estimate of drug-likeness (QED) is 0.912. The van der Waals surface area contributed by atoms with Gasteiger partial charge in [-0.25, -0.2) is 4.98 Å². The molecule has 100 valence electrons. The number of nitrogens with zero attached hydrogens (tertiary/aromatic N) is 1. The monoisotopic (exact) mass is 296 g/mol. The van der Waals surface area contributed by atoms with Gasteiger partial charge < -0.3 is 10.1 Å². The Bertz CT molecular complexity index is 558. The summed E-state index contributed by atoms with van der Waals surface area (Å²) in [6.45, 7) is 2.60. The molecule has 4 nitrogen and oxygen atoms in total. The van der Waals surface area contributed by atoms with Crippen LogP contribution in [0.2, 0.25) is 5.02 Å². The van der Waals surface area contributed by atoms with Crippen LogP contribution in [0, 0.1) is 0 Å². The number of ether oxygens (including phenoxy) is 1. The van der Waals surface area contributed by atoms with Gasteiger partial charge in [-0.15, -0.1) is 11.3 Å². The first kappa shape index (κ1) is 13.8. The molecule has 0 atom stereocenters. The van der Waals surface area contributed by atoms with Crippen molar-refractivity contribution >= 4 is 34.5 Å². The summed E-state index contributed by atoms with van der Waals surface area (Å²) in [6.07, 6.45) is 0.891. The molecule has 0 saturated heterocycles. The lowest BCUT2D eigenvalue weighted by molar-refractivity contribution is 0.102. The Morgan fingerprint density at radius 3 is 3.05 bits per heavy atom. The maximum absolute atomic E-state index is 11.9. The summed E-state index contributed by atoms with van der Waals surface area (Å²) in [5.74, 6) is 0.333. The molecule has 0 spiro atoms. The molecule has 0 saturated carbocycles.